The second-order valence-corrected chi connectivity index (χ2v) is 6.97. The average Bonchev–Trinajstić information content (AvgIpc) is 2.44. The highest BCUT2D eigenvalue weighted by atomic mass is 35.5. The number of rotatable bonds is 10. The minimum Gasteiger partial charge on any atom is -0.362 e. The molecule has 0 spiro atoms. The van der Waals surface area contributed by atoms with Gasteiger partial charge in [-0.2, -0.15) is 8.42 Å². The second kappa shape index (κ2) is 9.41. The number of ether oxygens (including phenoxy) is 1. The predicted molar refractivity (Wildman–Crippen MR) is 84.1 cm³/mol. The largest absolute Gasteiger partial charge is 0.362 e. The van der Waals surface area contributed by atoms with Crippen LogP contribution in [0.3, 0.4) is 0 Å². The minimum atomic E-state index is -3.72. The summed E-state index contributed by atoms with van der Waals surface area (Å²) in [5.41, 5.74) is 0.477. The molecule has 6 heteroatoms. The minimum absolute atomic E-state index is 0.0121. The first-order valence-corrected chi connectivity index (χ1v) is 9.02. The van der Waals surface area contributed by atoms with Crippen molar-refractivity contribution in [2.24, 2.45) is 0 Å². The van der Waals surface area contributed by atoms with Crippen molar-refractivity contribution in [3.63, 3.8) is 0 Å². The van der Waals surface area contributed by atoms with Crippen molar-refractivity contribution in [3.8, 4) is 0 Å². The molecule has 0 bridgehead atoms. The first-order valence-electron chi connectivity index (χ1n) is 7.17. The zero-order valence-electron chi connectivity index (χ0n) is 12.5. The Morgan fingerprint density at radius 1 is 1.14 bits per heavy atom. The smallest absolute Gasteiger partial charge is 0.296 e. The fraction of sp³-hybridized carbons (Fsp3) is 0.600. The third kappa shape index (κ3) is 7.27. The number of hydrogen-bond acceptors (Lipinski definition) is 4. The van der Waals surface area contributed by atoms with E-state index in [1.807, 2.05) is 6.92 Å². The molecule has 0 aliphatic rings. The number of halogens is 1. The molecule has 0 fully saturated rings. The van der Waals surface area contributed by atoms with Crippen LogP contribution in [0.15, 0.2) is 29.2 Å². The molecule has 21 heavy (non-hydrogen) atoms. The molecule has 0 amide bonds. The van der Waals surface area contributed by atoms with Crippen molar-refractivity contribution < 1.29 is 17.3 Å². The Kier molecular flexibility index (Phi) is 8.26. The molecule has 0 aliphatic carbocycles. The van der Waals surface area contributed by atoms with E-state index in [9.17, 15) is 8.42 Å². The Morgan fingerprint density at radius 3 is 2.43 bits per heavy atom. The van der Waals surface area contributed by atoms with Gasteiger partial charge >= 0.3 is 0 Å². The standard InChI is InChI=1S/C15H23ClO4S/c1-3-4-5-11-19-15(16)10-12-20-21(17,18)14-8-6-13(2)7-9-14/h6-9,15H,3-5,10-12H2,1-2H3. The van der Waals surface area contributed by atoms with E-state index in [1.165, 1.54) is 12.1 Å². The van der Waals surface area contributed by atoms with Crippen molar-refractivity contribution in [1.29, 1.82) is 0 Å². The van der Waals surface area contributed by atoms with E-state index in [0.717, 1.165) is 24.8 Å². The van der Waals surface area contributed by atoms with Crippen LogP contribution in [-0.4, -0.2) is 27.2 Å². The molecule has 1 unspecified atom stereocenters. The second-order valence-electron chi connectivity index (χ2n) is 4.87. The third-order valence-corrected chi connectivity index (χ3v) is 4.61. The van der Waals surface area contributed by atoms with E-state index in [4.69, 9.17) is 20.5 Å². The Bertz CT molecular complexity index is 499. The summed E-state index contributed by atoms with van der Waals surface area (Å²) < 4.78 is 34.2. The van der Waals surface area contributed by atoms with Gasteiger partial charge in [0.2, 0.25) is 0 Å². The molecule has 1 atom stereocenters. The van der Waals surface area contributed by atoms with Gasteiger partial charge < -0.3 is 4.74 Å². The lowest BCUT2D eigenvalue weighted by atomic mass is 10.2. The molecule has 0 N–H and O–H groups in total. The van der Waals surface area contributed by atoms with Crippen molar-refractivity contribution in [2.45, 2.75) is 50.0 Å². The van der Waals surface area contributed by atoms with Crippen LogP contribution >= 0.6 is 11.6 Å². The van der Waals surface area contributed by atoms with Gasteiger partial charge in [-0.3, -0.25) is 4.18 Å². The Labute approximate surface area is 132 Å². The molecule has 0 aliphatic heterocycles. The molecular formula is C15H23ClO4S. The summed E-state index contributed by atoms with van der Waals surface area (Å²) in [6.07, 6.45) is 3.51. The third-order valence-electron chi connectivity index (χ3n) is 2.94. The molecule has 120 valence electrons. The monoisotopic (exact) mass is 334 g/mol. The highest BCUT2D eigenvalue weighted by Gasteiger charge is 2.15. The van der Waals surface area contributed by atoms with Gasteiger partial charge in [0.15, 0.2) is 0 Å². The number of benzene rings is 1. The quantitative estimate of drug-likeness (QED) is 0.370. The van der Waals surface area contributed by atoms with Crippen LogP contribution in [0.25, 0.3) is 0 Å². The van der Waals surface area contributed by atoms with Crippen LogP contribution in [-0.2, 0) is 19.0 Å². The number of alkyl halides is 1. The zero-order valence-corrected chi connectivity index (χ0v) is 14.1. The molecule has 1 aromatic rings. The van der Waals surface area contributed by atoms with Crippen molar-refractivity contribution >= 4 is 21.7 Å². The summed E-state index contributed by atoms with van der Waals surface area (Å²) in [5.74, 6) is 0. The lowest BCUT2D eigenvalue weighted by Gasteiger charge is -2.11. The first kappa shape index (κ1) is 18.4. The topological polar surface area (TPSA) is 52.6 Å². The molecule has 0 radical (unpaired) electrons. The van der Waals surface area contributed by atoms with Gasteiger partial charge in [0, 0.05) is 13.0 Å². The van der Waals surface area contributed by atoms with E-state index in [0.29, 0.717) is 13.0 Å². The van der Waals surface area contributed by atoms with E-state index in [2.05, 4.69) is 6.92 Å². The van der Waals surface area contributed by atoms with Crippen molar-refractivity contribution in [2.75, 3.05) is 13.2 Å². The normalized spacial score (nSPS) is 13.3. The van der Waals surface area contributed by atoms with Crippen molar-refractivity contribution in [1.82, 2.24) is 0 Å². The highest BCUT2D eigenvalue weighted by Crippen LogP contribution is 2.15. The van der Waals surface area contributed by atoms with Crippen LogP contribution in [0.1, 0.15) is 38.2 Å². The van der Waals surface area contributed by atoms with E-state index in [1.54, 1.807) is 12.1 Å². The maximum atomic E-state index is 11.9. The van der Waals surface area contributed by atoms with Crippen LogP contribution in [0.5, 0.6) is 0 Å². The molecule has 0 saturated heterocycles. The van der Waals surface area contributed by atoms with E-state index in [-0.39, 0.29) is 11.5 Å². The summed E-state index contributed by atoms with van der Waals surface area (Å²) in [7, 11) is -3.72. The summed E-state index contributed by atoms with van der Waals surface area (Å²) in [6.45, 7) is 4.61. The Balaban J connectivity index is 2.32. The van der Waals surface area contributed by atoms with E-state index >= 15 is 0 Å². The SMILES string of the molecule is CCCCCOC(Cl)CCOS(=O)(=O)c1ccc(C)cc1. The molecule has 0 aromatic heterocycles. The molecular weight excluding hydrogens is 312 g/mol. The van der Waals surface area contributed by atoms with Gasteiger partial charge in [-0.15, -0.1) is 0 Å². The van der Waals surface area contributed by atoms with Gasteiger partial charge in [0.25, 0.3) is 10.1 Å². The maximum absolute atomic E-state index is 11.9. The first-order chi connectivity index (χ1) is 9.95. The van der Waals surface area contributed by atoms with Gasteiger partial charge in [-0.1, -0.05) is 49.1 Å². The van der Waals surface area contributed by atoms with Crippen molar-refractivity contribution in [3.05, 3.63) is 29.8 Å². The Hall–Kier alpha value is -0.620. The fourth-order valence-electron chi connectivity index (χ4n) is 1.67. The van der Waals surface area contributed by atoms with Crippen LogP contribution in [0, 0.1) is 6.92 Å². The molecule has 1 rings (SSSR count). The number of unbranched alkanes of at least 4 members (excludes halogenated alkanes) is 2. The molecule has 0 saturated carbocycles. The van der Waals surface area contributed by atoms with Crippen LogP contribution < -0.4 is 0 Å². The lowest BCUT2D eigenvalue weighted by Crippen LogP contribution is -2.13. The summed E-state index contributed by atoms with van der Waals surface area (Å²) in [4.78, 5) is 0.156. The summed E-state index contributed by atoms with van der Waals surface area (Å²) in [6, 6.07) is 6.53. The zero-order chi connectivity index (χ0) is 15.7. The van der Waals surface area contributed by atoms with E-state index < -0.39 is 15.7 Å². The van der Waals surface area contributed by atoms with Gasteiger partial charge in [0.1, 0.15) is 5.56 Å². The van der Waals surface area contributed by atoms with Gasteiger partial charge in [-0.05, 0) is 25.5 Å². The molecule has 0 heterocycles. The lowest BCUT2D eigenvalue weighted by molar-refractivity contribution is 0.0884. The fourth-order valence-corrected chi connectivity index (χ4v) is 2.77. The van der Waals surface area contributed by atoms with Gasteiger partial charge in [-0.25, -0.2) is 0 Å². The summed E-state index contributed by atoms with van der Waals surface area (Å²) in [5, 5.41) is 0. The average molecular weight is 335 g/mol. The molecule has 4 nitrogen and oxygen atoms in total. The highest BCUT2D eigenvalue weighted by molar-refractivity contribution is 7.86. The number of hydrogen-bond donors (Lipinski definition) is 0. The molecule has 1 aromatic carbocycles. The predicted octanol–water partition coefficient (Wildman–Crippen LogP) is 3.86. The van der Waals surface area contributed by atoms with Gasteiger partial charge in [0.05, 0.1) is 11.5 Å². The maximum Gasteiger partial charge on any atom is 0.296 e. The Morgan fingerprint density at radius 2 is 1.81 bits per heavy atom. The summed E-state index contributed by atoms with van der Waals surface area (Å²) >= 11 is 5.96. The van der Waals surface area contributed by atoms with Crippen LogP contribution in [0.2, 0.25) is 0 Å². The van der Waals surface area contributed by atoms with Crippen LogP contribution in [0.4, 0.5) is 0 Å². The number of aryl methyl sites for hydroxylation is 1.